The van der Waals surface area contributed by atoms with E-state index in [0.29, 0.717) is 24.9 Å². The molecule has 1 aromatic carbocycles. The van der Waals surface area contributed by atoms with Crippen molar-refractivity contribution < 1.29 is 44.1 Å². The topological polar surface area (TPSA) is 267 Å². The Morgan fingerprint density at radius 2 is 1.44 bits per heavy atom. The van der Waals surface area contributed by atoms with Gasteiger partial charge in [-0.15, -0.1) is 0 Å². The highest BCUT2D eigenvalue weighted by atomic mass is 16.4. The Morgan fingerprint density at radius 1 is 0.805 bits per heavy atom. The minimum atomic E-state index is -1.67. The van der Waals surface area contributed by atoms with Gasteiger partial charge >= 0.3 is 17.9 Å². The predicted molar refractivity (Wildman–Crippen MR) is 145 cm³/mol. The molecule has 4 unspecified atom stereocenters. The summed E-state index contributed by atoms with van der Waals surface area (Å²) in [6, 6.07) is 1.57. The molecular formula is C26H36N6O9. The molecule has 0 aliphatic rings. The molecular weight excluding hydrogens is 540 g/mol. The van der Waals surface area contributed by atoms with Gasteiger partial charge in [0, 0.05) is 29.9 Å². The van der Waals surface area contributed by atoms with E-state index in [-0.39, 0.29) is 25.7 Å². The lowest BCUT2D eigenvalue weighted by Crippen LogP contribution is -2.57. The van der Waals surface area contributed by atoms with E-state index in [9.17, 15) is 39.0 Å². The molecule has 41 heavy (non-hydrogen) atoms. The molecule has 0 spiro atoms. The largest absolute Gasteiger partial charge is 0.481 e. The zero-order chi connectivity index (χ0) is 30.5. The average molecular weight is 577 g/mol. The number of benzene rings is 1. The number of fused-ring (bicyclic) bond motifs is 1. The molecule has 1 heterocycles. The lowest BCUT2D eigenvalue weighted by atomic mass is 10.0. The van der Waals surface area contributed by atoms with Gasteiger partial charge in [-0.3, -0.25) is 24.0 Å². The number of aromatic amines is 1. The molecule has 0 radical (unpaired) electrons. The third kappa shape index (κ3) is 10.5. The molecule has 0 aliphatic carbocycles. The Labute approximate surface area is 235 Å². The summed E-state index contributed by atoms with van der Waals surface area (Å²) in [6.45, 7) is 0.303. The second-order valence-corrected chi connectivity index (χ2v) is 9.51. The van der Waals surface area contributed by atoms with Gasteiger partial charge in [0.15, 0.2) is 0 Å². The number of hydrogen-bond donors (Lipinski definition) is 9. The zero-order valence-corrected chi connectivity index (χ0v) is 22.3. The normalized spacial score (nSPS) is 13.9. The van der Waals surface area contributed by atoms with Crippen molar-refractivity contribution in [2.24, 2.45) is 11.5 Å². The number of H-pyrrole nitrogens is 1. The van der Waals surface area contributed by atoms with Crippen LogP contribution >= 0.6 is 0 Å². The van der Waals surface area contributed by atoms with Crippen LogP contribution in [0.5, 0.6) is 0 Å². The van der Waals surface area contributed by atoms with Crippen LogP contribution in [0.2, 0.25) is 0 Å². The maximum atomic E-state index is 13.1. The van der Waals surface area contributed by atoms with Gasteiger partial charge in [-0.2, -0.15) is 0 Å². The van der Waals surface area contributed by atoms with Crippen LogP contribution < -0.4 is 27.4 Å². The second kappa shape index (κ2) is 15.9. The number of carbonyl (C=O) groups excluding carboxylic acids is 3. The van der Waals surface area contributed by atoms with Gasteiger partial charge < -0.3 is 47.7 Å². The molecule has 4 atom stereocenters. The van der Waals surface area contributed by atoms with E-state index in [1.807, 2.05) is 0 Å². The fraction of sp³-hybridized carbons (Fsp3) is 0.462. The quantitative estimate of drug-likeness (QED) is 0.0976. The molecule has 2 rings (SSSR count). The van der Waals surface area contributed by atoms with Gasteiger partial charge in [-0.1, -0.05) is 18.2 Å². The monoisotopic (exact) mass is 576 g/mol. The summed E-state index contributed by atoms with van der Waals surface area (Å²) < 4.78 is 0. The molecule has 1 aromatic heterocycles. The highest BCUT2D eigenvalue weighted by Gasteiger charge is 2.32. The van der Waals surface area contributed by atoms with Crippen molar-refractivity contribution in [3.63, 3.8) is 0 Å². The van der Waals surface area contributed by atoms with Crippen LogP contribution in [-0.4, -0.2) is 86.6 Å². The minimum absolute atomic E-state index is 0.0696. The van der Waals surface area contributed by atoms with Gasteiger partial charge in [0.2, 0.25) is 17.7 Å². The van der Waals surface area contributed by atoms with Crippen LogP contribution in [0.4, 0.5) is 0 Å². The van der Waals surface area contributed by atoms with E-state index in [0.717, 1.165) is 10.9 Å². The summed E-state index contributed by atoms with van der Waals surface area (Å²) in [4.78, 5) is 75.9. The Morgan fingerprint density at radius 3 is 2.07 bits per heavy atom. The lowest BCUT2D eigenvalue weighted by molar-refractivity contribution is -0.143. The van der Waals surface area contributed by atoms with Crippen LogP contribution in [0.15, 0.2) is 30.5 Å². The number of aliphatic carboxylic acids is 3. The standard InChI is InChI=1S/C26H36N6O9/c27-10-4-3-7-18(30-23(37)16(28)8-9-21(33)34)24(38)31-19(12-22(35)36)25(39)32-20(26(40)41)11-14-13-29-17-6-2-1-5-15(14)17/h1-2,5-6,13,16,18-20,29H,3-4,7-12,27-28H2,(H,30,37)(H,31,38)(H,32,39)(H,33,34)(H,35,36)(H,40,41). The summed E-state index contributed by atoms with van der Waals surface area (Å²) >= 11 is 0. The Kier molecular flexibility index (Phi) is 12.7. The van der Waals surface area contributed by atoms with Gasteiger partial charge in [-0.05, 0) is 43.9 Å². The molecule has 0 fully saturated rings. The third-order valence-corrected chi connectivity index (χ3v) is 6.31. The van der Waals surface area contributed by atoms with Crippen LogP contribution in [0.1, 0.15) is 44.1 Å². The van der Waals surface area contributed by atoms with E-state index in [2.05, 4.69) is 20.9 Å². The third-order valence-electron chi connectivity index (χ3n) is 6.31. The van der Waals surface area contributed by atoms with Crippen molar-refractivity contribution in [2.75, 3.05) is 6.54 Å². The number of amides is 3. The number of hydrogen-bond acceptors (Lipinski definition) is 8. The van der Waals surface area contributed by atoms with Gasteiger partial charge in [0.1, 0.15) is 18.1 Å². The SMILES string of the molecule is NCCCCC(NC(=O)C(N)CCC(=O)O)C(=O)NC(CC(=O)O)C(=O)NC(Cc1c[nH]c2ccccc12)C(=O)O. The first-order valence-electron chi connectivity index (χ1n) is 13.0. The first kappa shape index (κ1) is 32.7. The first-order chi connectivity index (χ1) is 19.4. The molecule has 2 aromatic rings. The van der Waals surface area contributed by atoms with Crippen LogP contribution in [0.3, 0.4) is 0 Å². The maximum Gasteiger partial charge on any atom is 0.326 e. The molecule has 0 saturated carbocycles. The van der Waals surface area contributed by atoms with E-state index >= 15 is 0 Å². The van der Waals surface area contributed by atoms with Crippen molar-refractivity contribution in [3.05, 3.63) is 36.0 Å². The van der Waals surface area contributed by atoms with Crippen LogP contribution in [0, 0.1) is 0 Å². The summed E-state index contributed by atoms with van der Waals surface area (Å²) in [5.74, 6) is -6.70. The number of para-hydroxylation sites is 1. The fourth-order valence-corrected chi connectivity index (χ4v) is 4.10. The number of carbonyl (C=O) groups is 6. The van der Waals surface area contributed by atoms with Gasteiger partial charge in [0.05, 0.1) is 12.5 Å². The molecule has 15 nitrogen and oxygen atoms in total. The first-order valence-corrected chi connectivity index (χ1v) is 13.0. The van der Waals surface area contributed by atoms with Crippen molar-refractivity contribution in [3.8, 4) is 0 Å². The van der Waals surface area contributed by atoms with Gasteiger partial charge in [-0.25, -0.2) is 4.79 Å². The van der Waals surface area contributed by atoms with Crippen molar-refractivity contribution in [1.29, 1.82) is 0 Å². The number of nitrogens with one attached hydrogen (secondary N) is 4. The summed E-state index contributed by atoms with van der Waals surface area (Å²) in [5.41, 5.74) is 12.6. The number of carboxylic acids is 3. The maximum absolute atomic E-state index is 13.1. The van der Waals surface area contributed by atoms with E-state index in [1.165, 1.54) is 0 Å². The number of rotatable bonds is 18. The van der Waals surface area contributed by atoms with Crippen LogP contribution in [0.25, 0.3) is 10.9 Å². The molecule has 224 valence electrons. The highest BCUT2D eigenvalue weighted by Crippen LogP contribution is 2.19. The molecule has 0 aliphatic heterocycles. The average Bonchev–Trinajstić information content (AvgIpc) is 3.32. The van der Waals surface area contributed by atoms with E-state index in [1.54, 1.807) is 30.5 Å². The van der Waals surface area contributed by atoms with Crippen LogP contribution in [-0.2, 0) is 35.2 Å². The molecule has 3 amide bonds. The van der Waals surface area contributed by atoms with Gasteiger partial charge in [0.25, 0.3) is 0 Å². The van der Waals surface area contributed by atoms with Crippen molar-refractivity contribution >= 4 is 46.5 Å². The second-order valence-electron chi connectivity index (χ2n) is 9.51. The summed E-state index contributed by atoms with van der Waals surface area (Å²) in [5, 5.41) is 35.7. The smallest absolute Gasteiger partial charge is 0.326 e. The minimum Gasteiger partial charge on any atom is -0.481 e. The Balaban J connectivity index is 2.16. The lowest BCUT2D eigenvalue weighted by Gasteiger charge is -2.24. The summed E-state index contributed by atoms with van der Waals surface area (Å²) in [6.07, 6.45) is 1.03. The highest BCUT2D eigenvalue weighted by molar-refractivity contribution is 5.96. The van der Waals surface area contributed by atoms with E-state index in [4.69, 9.17) is 16.6 Å². The molecule has 11 N–H and O–H groups in total. The zero-order valence-electron chi connectivity index (χ0n) is 22.3. The number of carboxylic acid groups (broad SMARTS) is 3. The molecule has 0 bridgehead atoms. The summed E-state index contributed by atoms with van der Waals surface area (Å²) in [7, 11) is 0. The van der Waals surface area contributed by atoms with Crippen molar-refractivity contribution in [1.82, 2.24) is 20.9 Å². The predicted octanol–water partition coefficient (Wildman–Crippen LogP) is -0.955. The number of aromatic nitrogens is 1. The number of nitrogens with two attached hydrogens (primary N) is 2. The molecule has 0 saturated heterocycles. The fourth-order valence-electron chi connectivity index (χ4n) is 4.10. The number of unbranched alkanes of at least 4 members (excludes halogenated alkanes) is 1. The molecule has 15 heteroatoms. The van der Waals surface area contributed by atoms with Crippen molar-refractivity contribution in [2.45, 2.75) is 69.1 Å². The Hall–Kier alpha value is -4.50. The van der Waals surface area contributed by atoms with E-state index < -0.39 is 66.2 Å². The Bertz CT molecular complexity index is 1250.